The molecule has 0 amide bonds. The summed E-state index contributed by atoms with van der Waals surface area (Å²) in [7, 11) is 0. The molecule has 0 aliphatic carbocycles. The summed E-state index contributed by atoms with van der Waals surface area (Å²) in [4.78, 5) is 19.6. The average molecular weight is 233 g/mol. The zero-order valence-corrected chi connectivity index (χ0v) is 7.55. The number of carboxylic acids is 1. The fourth-order valence-electron chi connectivity index (χ4n) is 1.12. The van der Waals surface area contributed by atoms with Crippen molar-refractivity contribution < 1.29 is 28.7 Å². The third kappa shape index (κ3) is 2.11. The Kier molecular flexibility index (Phi) is 3.14. The SMILES string of the molecule is O=C(O)[C@@H](O)c1c(F)cc(F)cc1[N+](=O)[O-]. The van der Waals surface area contributed by atoms with Crippen LogP contribution in [0, 0.1) is 21.7 Å². The molecular weight excluding hydrogens is 228 g/mol. The van der Waals surface area contributed by atoms with E-state index in [1.807, 2.05) is 0 Å². The highest BCUT2D eigenvalue weighted by Crippen LogP contribution is 2.29. The van der Waals surface area contributed by atoms with Crippen molar-refractivity contribution in [2.24, 2.45) is 0 Å². The van der Waals surface area contributed by atoms with Crippen molar-refractivity contribution in [3.63, 3.8) is 0 Å². The Morgan fingerprint density at radius 2 is 2.00 bits per heavy atom. The van der Waals surface area contributed by atoms with Gasteiger partial charge in [-0.1, -0.05) is 0 Å². The van der Waals surface area contributed by atoms with Crippen LogP contribution in [0.2, 0.25) is 0 Å². The number of nitro groups is 1. The molecule has 0 radical (unpaired) electrons. The monoisotopic (exact) mass is 233 g/mol. The minimum Gasteiger partial charge on any atom is -0.479 e. The zero-order chi connectivity index (χ0) is 12.5. The number of rotatable bonds is 3. The van der Waals surface area contributed by atoms with Gasteiger partial charge in [0.15, 0.2) is 6.10 Å². The summed E-state index contributed by atoms with van der Waals surface area (Å²) in [6, 6.07) is 0.596. The Morgan fingerprint density at radius 1 is 1.44 bits per heavy atom. The van der Waals surface area contributed by atoms with Crippen molar-refractivity contribution in [1.29, 1.82) is 0 Å². The molecule has 0 unspecified atom stereocenters. The normalized spacial score (nSPS) is 12.2. The number of hydrogen-bond donors (Lipinski definition) is 2. The molecule has 0 spiro atoms. The first-order valence-electron chi connectivity index (χ1n) is 3.88. The maximum atomic E-state index is 13.1. The molecule has 1 atom stereocenters. The van der Waals surface area contributed by atoms with E-state index < -0.39 is 39.9 Å². The summed E-state index contributed by atoms with van der Waals surface area (Å²) in [5, 5.41) is 27.9. The quantitative estimate of drug-likeness (QED) is 0.598. The van der Waals surface area contributed by atoms with Crippen molar-refractivity contribution >= 4 is 11.7 Å². The first-order valence-corrected chi connectivity index (χ1v) is 3.88. The van der Waals surface area contributed by atoms with Gasteiger partial charge in [0.1, 0.15) is 17.2 Å². The Bertz CT molecular complexity index is 462. The minimum absolute atomic E-state index is 0.258. The molecule has 0 saturated heterocycles. The molecular formula is C8H5F2NO5. The van der Waals surface area contributed by atoms with Gasteiger partial charge in [0.2, 0.25) is 0 Å². The van der Waals surface area contributed by atoms with E-state index in [1.54, 1.807) is 0 Å². The van der Waals surface area contributed by atoms with E-state index in [4.69, 9.17) is 10.2 Å². The van der Waals surface area contributed by atoms with E-state index in [2.05, 4.69) is 0 Å². The number of aliphatic hydroxyl groups is 1. The van der Waals surface area contributed by atoms with Gasteiger partial charge in [-0.2, -0.15) is 0 Å². The summed E-state index contributed by atoms with van der Waals surface area (Å²) >= 11 is 0. The van der Waals surface area contributed by atoms with Gasteiger partial charge in [0.25, 0.3) is 5.69 Å². The van der Waals surface area contributed by atoms with Crippen molar-refractivity contribution in [3.05, 3.63) is 39.4 Å². The molecule has 1 aromatic carbocycles. The number of nitro benzene ring substituents is 1. The fourth-order valence-corrected chi connectivity index (χ4v) is 1.12. The second-order valence-electron chi connectivity index (χ2n) is 2.82. The number of aliphatic carboxylic acids is 1. The molecule has 0 saturated carbocycles. The van der Waals surface area contributed by atoms with Crippen LogP contribution in [0.1, 0.15) is 11.7 Å². The highest BCUT2D eigenvalue weighted by atomic mass is 19.1. The second kappa shape index (κ2) is 4.19. The van der Waals surface area contributed by atoms with Crippen LogP contribution in [-0.4, -0.2) is 21.1 Å². The number of benzene rings is 1. The van der Waals surface area contributed by atoms with E-state index in [1.165, 1.54) is 0 Å². The molecule has 86 valence electrons. The van der Waals surface area contributed by atoms with Gasteiger partial charge >= 0.3 is 5.97 Å². The first kappa shape index (κ1) is 12.0. The lowest BCUT2D eigenvalue weighted by molar-refractivity contribution is -0.386. The summed E-state index contributed by atoms with van der Waals surface area (Å²) in [5.74, 6) is -4.58. The van der Waals surface area contributed by atoms with E-state index in [0.29, 0.717) is 6.07 Å². The molecule has 0 heterocycles. The Balaban J connectivity index is 3.46. The van der Waals surface area contributed by atoms with Gasteiger partial charge in [-0.3, -0.25) is 10.1 Å². The van der Waals surface area contributed by atoms with Gasteiger partial charge in [-0.15, -0.1) is 0 Å². The van der Waals surface area contributed by atoms with Gasteiger partial charge in [-0.05, 0) is 0 Å². The van der Waals surface area contributed by atoms with E-state index in [0.717, 1.165) is 0 Å². The predicted molar refractivity (Wildman–Crippen MR) is 45.6 cm³/mol. The molecule has 0 aromatic heterocycles. The predicted octanol–water partition coefficient (Wildman–Crippen LogP) is 0.991. The third-order valence-electron chi connectivity index (χ3n) is 1.78. The standard InChI is InChI=1S/C8H5F2NO5/c9-3-1-4(10)6(7(12)8(13)14)5(2-3)11(15)16/h1-2,7,12H,(H,13,14)/t7-/m0/s1. The van der Waals surface area contributed by atoms with E-state index >= 15 is 0 Å². The lowest BCUT2D eigenvalue weighted by Crippen LogP contribution is -2.14. The van der Waals surface area contributed by atoms with Crippen LogP contribution in [0.15, 0.2) is 12.1 Å². The Hall–Kier alpha value is -2.09. The number of carboxylic acid groups (broad SMARTS) is 1. The maximum Gasteiger partial charge on any atom is 0.337 e. The van der Waals surface area contributed by atoms with Crippen LogP contribution in [0.3, 0.4) is 0 Å². The molecule has 6 nitrogen and oxygen atoms in total. The smallest absolute Gasteiger partial charge is 0.337 e. The molecule has 1 rings (SSSR count). The summed E-state index contributed by atoms with van der Waals surface area (Å²) in [5.41, 5.74) is -2.19. The van der Waals surface area contributed by atoms with E-state index in [9.17, 15) is 23.7 Å². The first-order chi connectivity index (χ1) is 7.34. The number of nitrogens with zero attached hydrogens (tertiary/aromatic N) is 1. The van der Waals surface area contributed by atoms with Crippen molar-refractivity contribution in [2.45, 2.75) is 6.10 Å². The van der Waals surface area contributed by atoms with Gasteiger partial charge in [0, 0.05) is 6.07 Å². The third-order valence-corrected chi connectivity index (χ3v) is 1.78. The molecule has 0 aliphatic heterocycles. The molecule has 0 aliphatic rings. The molecule has 0 fully saturated rings. The number of hydrogen-bond acceptors (Lipinski definition) is 4. The lowest BCUT2D eigenvalue weighted by Gasteiger charge is -2.07. The summed E-state index contributed by atoms with van der Waals surface area (Å²) in [6.07, 6.45) is -2.42. The topological polar surface area (TPSA) is 101 Å². The summed E-state index contributed by atoms with van der Waals surface area (Å²) < 4.78 is 25.8. The molecule has 1 aromatic rings. The maximum absolute atomic E-state index is 13.1. The van der Waals surface area contributed by atoms with Crippen LogP contribution in [0.25, 0.3) is 0 Å². The minimum atomic E-state index is -2.42. The molecule has 16 heavy (non-hydrogen) atoms. The Labute approximate surface area is 86.9 Å². The van der Waals surface area contributed by atoms with Crippen LogP contribution < -0.4 is 0 Å². The number of halogens is 2. The van der Waals surface area contributed by atoms with Crippen LogP contribution >= 0.6 is 0 Å². The highest BCUT2D eigenvalue weighted by molar-refractivity contribution is 5.76. The zero-order valence-electron chi connectivity index (χ0n) is 7.55. The van der Waals surface area contributed by atoms with E-state index in [-0.39, 0.29) is 6.07 Å². The largest absolute Gasteiger partial charge is 0.479 e. The number of carbonyl (C=O) groups is 1. The molecule has 8 heteroatoms. The van der Waals surface area contributed by atoms with Gasteiger partial charge in [0.05, 0.1) is 11.0 Å². The summed E-state index contributed by atoms with van der Waals surface area (Å²) in [6.45, 7) is 0. The molecule has 2 N–H and O–H groups in total. The second-order valence-corrected chi connectivity index (χ2v) is 2.82. The van der Waals surface area contributed by atoms with Crippen molar-refractivity contribution in [1.82, 2.24) is 0 Å². The average Bonchev–Trinajstić information content (AvgIpc) is 2.15. The molecule has 0 bridgehead atoms. The van der Waals surface area contributed by atoms with Gasteiger partial charge < -0.3 is 10.2 Å². The van der Waals surface area contributed by atoms with Crippen LogP contribution in [0.4, 0.5) is 14.5 Å². The Morgan fingerprint density at radius 3 is 2.44 bits per heavy atom. The van der Waals surface area contributed by atoms with Crippen molar-refractivity contribution in [3.8, 4) is 0 Å². The van der Waals surface area contributed by atoms with Crippen molar-refractivity contribution in [2.75, 3.05) is 0 Å². The lowest BCUT2D eigenvalue weighted by atomic mass is 10.1. The van der Waals surface area contributed by atoms with Gasteiger partial charge in [-0.25, -0.2) is 13.6 Å². The highest BCUT2D eigenvalue weighted by Gasteiger charge is 2.30. The number of aliphatic hydroxyl groups excluding tert-OH is 1. The van der Waals surface area contributed by atoms with Crippen LogP contribution in [0.5, 0.6) is 0 Å². The fraction of sp³-hybridized carbons (Fsp3) is 0.125. The van der Waals surface area contributed by atoms with Crippen LogP contribution in [-0.2, 0) is 4.79 Å².